The molecule has 0 spiro atoms. The van der Waals surface area contributed by atoms with Gasteiger partial charge in [0.2, 0.25) is 0 Å². The zero-order valence-corrected chi connectivity index (χ0v) is 9.76. The van der Waals surface area contributed by atoms with Gasteiger partial charge in [0, 0.05) is 0 Å². The van der Waals surface area contributed by atoms with Crippen LogP contribution >= 0.6 is 0 Å². The van der Waals surface area contributed by atoms with Crippen molar-refractivity contribution in [2.75, 3.05) is 6.61 Å². The van der Waals surface area contributed by atoms with Gasteiger partial charge in [0.25, 0.3) is 0 Å². The third-order valence-corrected chi connectivity index (χ3v) is 2.96. The molecule has 0 bridgehead atoms. The first-order valence-corrected chi connectivity index (χ1v) is 5.23. The molecule has 1 saturated carbocycles. The highest BCUT2D eigenvalue weighted by molar-refractivity contribution is 5.78. The number of hydrogen-bond donors (Lipinski definition) is 0. The van der Waals surface area contributed by atoms with E-state index in [0.29, 0.717) is 12.5 Å². The summed E-state index contributed by atoms with van der Waals surface area (Å²) in [5.41, 5.74) is 1.36. The summed E-state index contributed by atoms with van der Waals surface area (Å²) < 4.78 is 5.05. The van der Waals surface area contributed by atoms with Crippen LogP contribution in [0, 0.1) is 17.3 Å². The lowest BCUT2D eigenvalue weighted by Gasteiger charge is -2.01. The largest absolute Gasteiger partial charge is 0.466 e. The summed E-state index contributed by atoms with van der Waals surface area (Å²) in [6, 6.07) is 0. The Morgan fingerprint density at radius 2 is 2.00 bits per heavy atom. The van der Waals surface area contributed by atoms with Crippen LogP contribution in [0.25, 0.3) is 0 Å². The highest BCUT2D eigenvalue weighted by Gasteiger charge is 2.61. The van der Waals surface area contributed by atoms with Crippen LogP contribution in [-0.4, -0.2) is 12.6 Å². The minimum absolute atomic E-state index is 0.0417. The normalized spacial score (nSPS) is 28.1. The van der Waals surface area contributed by atoms with E-state index in [1.54, 1.807) is 0 Å². The van der Waals surface area contributed by atoms with Crippen molar-refractivity contribution < 1.29 is 9.53 Å². The van der Waals surface area contributed by atoms with Crippen LogP contribution in [-0.2, 0) is 9.53 Å². The Hall–Kier alpha value is -0.790. The number of rotatable bonds is 3. The molecule has 0 aliphatic heterocycles. The lowest BCUT2D eigenvalue weighted by molar-refractivity contribution is -0.145. The van der Waals surface area contributed by atoms with Gasteiger partial charge >= 0.3 is 5.97 Å². The summed E-state index contributed by atoms with van der Waals surface area (Å²) in [7, 11) is 0. The molecule has 80 valence electrons. The van der Waals surface area contributed by atoms with E-state index in [2.05, 4.69) is 33.8 Å². The smallest absolute Gasteiger partial charge is 0.310 e. The molecular formula is C12H20O2. The molecule has 0 N–H and O–H groups in total. The summed E-state index contributed by atoms with van der Waals surface area (Å²) in [6.07, 6.45) is 2.18. The zero-order chi connectivity index (χ0) is 10.9. The Labute approximate surface area is 86.3 Å². The summed E-state index contributed by atoms with van der Waals surface area (Å²) in [6.45, 7) is 10.7. The molecule has 0 amide bonds. The Morgan fingerprint density at radius 3 is 2.43 bits per heavy atom. The van der Waals surface area contributed by atoms with Crippen LogP contribution in [0.1, 0.15) is 34.6 Å². The molecule has 14 heavy (non-hydrogen) atoms. The molecule has 0 aromatic rings. The molecule has 0 radical (unpaired) electrons. The molecule has 1 aliphatic carbocycles. The topological polar surface area (TPSA) is 26.3 Å². The van der Waals surface area contributed by atoms with Crippen molar-refractivity contribution in [3.63, 3.8) is 0 Å². The first-order valence-electron chi connectivity index (χ1n) is 5.23. The van der Waals surface area contributed by atoms with Crippen molar-refractivity contribution in [3.05, 3.63) is 11.6 Å². The van der Waals surface area contributed by atoms with Gasteiger partial charge in [-0.3, -0.25) is 4.79 Å². The lowest BCUT2D eigenvalue weighted by atomic mass is 10.1. The molecule has 1 aliphatic rings. The van der Waals surface area contributed by atoms with E-state index in [0.717, 1.165) is 0 Å². The van der Waals surface area contributed by atoms with E-state index in [-0.39, 0.29) is 17.3 Å². The highest BCUT2D eigenvalue weighted by atomic mass is 16.5. The van der Waals surface area contributed by atoms with Crippen LogP contribution in [0.4, 0.5) is 0 Å². The second-order valence-corrected chi connectivity index (χ2v) is 4.82. The fraction of sp³-hybridized carbons (Fsp3) is 0.750. The Balaban J connectivity index is 2.66. The predicted octanol–water partition coefficient (Wildman–Crippen LogP) is 2.79. The first-order chi connectivity index (χ1) is 6.41. The highest BCUT2D eigenvalue weighted by Crippen LogP contribution is 2.59. The van der Waals surface area contributed by atoms with Gasteiger partial charge in [-0.25, -0.2) is 0 Å². The second-order valence-electron chi connectivity index (χ2n) is 4.82. The molecule has 2 atom stereocenters. The van der Waals surface area contributed by atoms with Gasteiger partial charge < -0.3 is 4.74 Å². The van der Waals surface area contributed by atoms with Crippen molar-refractivity contribution >= 4 is 5.97 Å². The maximum Gasteiger partial charge on any atom is 0.310 e. The minimum atomic E-state index is -0.0417. The molecule has 2 nitrogen and oxygen atoms in total. The maximum absolute atomic E-state index is 11.6. The maximum atomic E-state index is 11.6. The van der Waals surface area contributed by atoms with E-state index in [4.69, 9.17) is 4.74 Å². The second kappa shape index (κ2) is 3.76. The first kappa shape index (κ1) is 11.3. The fourth-order valence-corrected chi connectivity index (χ4v) is 2.03. The van der Waals surface area contributed by atoms with Crippen LogP contribution < -0.4 is 0 Å². The van der Waals surface area contributed by atoms with E-state index in [9.17, 15) is 4.79 Å². The quantitative estimate of drug-likeness (QED) is 0.512. The van der Waals surface area contributed by atoms with Gasteiger partial charge in [-0.15, -0.1) is 0 Å². The van der Waals surface area contributed by atoms with Crippen molar-refractivity contribution in [2.24, 2.45) is 17.3 Å². The molecule has 1 rings (SSSR count). The van der Waals surface area contributed by atoms with Crippen LogP contribution in [0.15, 0.2) is 11.6 Å². The van der Waals surface area contributed by atoms with E-state index in [1.165, 1.54) is 5.57 Å². The molecule has 1 fully saturated rings. The van der Waals surface area contributed by atoms with Gasteiger partial charge in [0.15, 0.2) is 0 Å². The number of allylic oxidation sites excluding steroid dienone is 2. The Kier molecular flexibility index (Phi) is 3.03. The number of ether oxygens (including phenoxy) is 1. The molecule has 2 heteroatoms. The van der Waals surface area contributed by atoms with Gasteiger partial charge in [0.05, 0.1) is 12.5 Å². The molecular weight excluding hydrogens is 176 g/mol. The van der Waals surface area contributed by atoms with Crippen molar-refractivity contribution in [1.82, 2.24) is 0 Å². The average Bonchev–Trinajstić information content (AvgIpc) is 2.52. The van der Waals surface area contributed by atoms with Gasteiger partial charge in [-0.05, 0) is 32.1 Å². The number of esters is 1. The Morgan fingerprint density at radius 1 is 1.43 bits per heavy atom. The predicted molar refractivity (Wildman–Crippen MR) is 56.8 cm³/mol. The zero-order valence-electron chi connectivity index (χ0n) is 9.76. The summed E-state index contributed by atoms with van der Waals surface area (Å²) in [5.74, 6) is 0.392. The van der Waals surface area contributed by atoms with E-state index < -0.39 is 0 Å². The molecule has 0 aromatic heterocycles. The monoisotopic (exact) mass is 196 g/mol. The number of carbonyl (C=O) groups is 1. The molecule has 0 saturated heterocycles. The van der Waals surface area contributed by atoms with Gasteiger partial charge in [0.1, 0.15) is 0 Å². The number of hydrogen-bond acceptors (Lipinski definition) is 2. The Bertz CT molecular complexity index is 259. The van der Waals surface area contributed by atoms with Gasteiger partial charge in [-0.1, -0.05) is 25.5 Å². The molecule has 0 heterocycles. The number of carbonyl (C=O) groups excluding carboxylic acids is 1. The summed E-state index contributed by atoms with van der Waals surface area (Å²) in [5, 5.41) is 0. The summed E-state index contributed by atoms with van der Waals surface area (Å²) >= 11 is 0. The van der Waals surface area contributed by atoms with Gasteiger partial charge in [-0.2, -0.15) is 0 Å². The SMILES string of the molecule is CCOC(=O)[C@H]1[C@H](C=C(C)C)C1(C)C. The van der Waals surface area contributed by atoms with E-state index >= 15 is 0 Å². The van der Waals surface area contributed by atoms with Crippen molar-refractivity contribution in [2.45, 2.75) is 34.6 Å². The summed E-state index contributed by atoms with van der Waals surface area (Å²) in [4.78, 5) is 11.6. The third kappa shape index (κ3) is 1.99. The van der Waals surface area contributed by atoms with Crippen molar-refractivity contribution in [3.8, 4) is 0 Å². The van der Waals surface area contributed by atoms with Crippen LogP contribution in [0.2, 0.25) is 0 Å². The third-order valence-electron chi connectivity index (χ3n) is 2.96. The van der Waals surface area contributed by atoms with Crippen LogP contribution in [0.3, 0.4) is 0 Å². The minimum Gasteiger partial charge on any atom is -0.466 e. The van der Waals surface area contributed by atoms with Crippen LogP contribution in [0.5, 0.6) is 0 Å². The average molecular weight is 196 g/mol. The molecule has 0 aromatic carbocycles. The van der Waals surface area contributed by atoms with E-state index in [1.807, 2.05) is 6.92 Å². The molecule has 0 unspecified atom stereocenters. The van der Waals surface area contributed by atoms with Crippen molar-refractivity contribution in [1.29, 1.82) is 0 Å². The lowest BCUT2D eigenvalue weighted by Crippen LogP contribution is -2.10. The standard InChI is InChI=1S/C12H20O2/c1-6-14-11(13)10-9(7-8(2)3)12(10,4)5/h7,9-10H,6H2,1-5H3/t9-,10+/m0/s1. The fourth-order valence-electron chi connectivity index (χ4n) is 2.03.